The van der Waals surface area contributed by atoms with Crippen molar-refractivity contribution in [2.45, 2.75) is 52.0 Å². The van der Waals surface area contributed by atoms with E-state index in [0.717, 1.165) is 31.5 Å². The van der Waals surface area contributed by atoms with Crippen molar-refractivity contribution in [1.82, 2.24) is 24.8 Å². The van der Waals surface area contributed by atoms with Crippen LogP contribution in [-0.4, -0.2) is 58.7 Å². The molecule has 2 aromatic rings. The van der Waals surface area contributed by atoms with Crippen LogP contribution in [0.3, 0.4) is 0 Å². The summed E-state index contributed by atoms with van der Waals surface area (Å²) in [5, 5.41) is 3.57. The van der Waals surface area contributed by atoms with Crippen LogP contribution in [0.15, 0.2) is 29.7 Å². The Balaban J connectivity index is 1.76. The molecule has 0 spiro atoms. The van der Waals surface area contributed by atoms with Crippen LogP contribution in [0, 0.1) is 11.8 Å². The zero-order valence-corrected chi connectivity index (χ0v) is 20.6. The molecule has 1 aliphatic carbocycles. The topological polar surface area (TPSA) is 98.3 Å². The number of likely N-dealkylation sites (tertiary alicyclic amines) is 1. The normalized spacial score (nSPS) is 18.1. The summed E-state index contributed by atoms with van der Waals surface area (Å²) in [5.41, 5.74) is 9.71. The smallest absolute Gasteiger partial charge is 0.259 e. The van der Waals surface area contributed by atoms with Gasteiger partial charge in [0, 0.05) is 18.3 Å². The molecule has 2 aliphatic rings. The number of rotatable bonds is 7. The number of carbonyl (C=O) groups excluding carboxylic acids is 1. The van der Waals surface area contributed by atoms with E-state index in [9.17, 15) is 4.79 Å². The fourth-order valence-electron chi connectivity index (χ4n) is 4.41. The molecule has 8 nitrogen and oxygen atoms in total. The highest BCUT2D eigenvalue weighted by Crippen LogP contribution is 2.47. The van der Waals surface area contributed by atoms with Crippen LogP contribution in [0.1, 0.15) is 62.5 Å². The maximum absolute atomic E-state index is 13.6. The summed E-state index contributed by atoms with van der Waals surface area (Å²) in [6.45, 7) is 9.37. The van der Waals surface area contributed by atoms with E-state index in [1.54, 1.807) is 7.11 Å². The number of amides is 1. The van der Waals surface area contributed by atoms with Gasteiger partial charge in [0.15, 0.2) is 0 Å². The Morgan fingerprint density at radius 1 is 1.26 bits per heavy atom. The van der Waals surface area contributed by atoms with Gasteiger partial charge in [-0.3, -0.25) is 9.69 Å². The van der Waals surface area contributed by atoms with Crippen LogP contribution in [0.2, 0.25) is 0 Å². The van der Waals surface area contributed by atoms with Gasteiger partial charge in [-0.15, -0.1) is 0 Å². The van der Waals surface area contributed by atoms with E-state index < -0.39 is 0 Å². The summed E-state index contributed by atoms with van der Waals surface area (Å²) >= 11 is 0. The number of carbonyl (C=O) groups is 1. The van der Waals surface area contributed by atoms with E-state index in [1.807, 2.05) is 26.0 Å². The number of aromatic nitrogens is 3. The summed E-state index contributed by atoms with van der Waals surface area (Å²) in [7, 11) is 1.66. The number of ether oxygens (including phenoxy) is 1. The third kappa shape index (κ3) is 5.01. The Morgan fingerprint density at radius 2 is 2.00 bits per heavy atom. The van der Waals surface area contributed by atoms with Gasteiger partial charge >= 0.3 is 0 Å². The van der Waals surface area contributed by atoms with E-state index >= 15 is 0 Å². The van der Waals surface area contributed by atoms with Crippen molar-refractivity contribution >= 4 is 22.8 Å². The number of hydrogen-bond acceptors (Lipinski definition) is 6. The molecular formula is C26H34N6O2. The van der Waals surface area contributed by atoms with Gasteiger partial charge in [0.25, 0.3) is 5.91 Å². The Kier molecular flexibility index (Phi) is 7.05. The highest BCUT2D eigenvalue weighted by atomic mass is 16.5. The lowest BCUT2D eigenvalue weighted by atomic mass is 10.1. The SMILES string of the molecule is COC/C(C)=C/C=C(\C)NC(=O)c1c(C#CCN2CCCC2)n(C2(C)CC2)c2ncnc(N)c12. The Labute approximate surface area is 201 Å². The molecule has 3 N–H and O–H groups in total. The maximum Gasteiger partial charge on any atom is 0.259 e. The van der Waals surface area contributed by atoms with Gasteiger partial charge < -0.3 is 20.4 Å². The molecule has 0 radical (unpaired) electrons. The van der Waals surface area contributed by atoms with Gasteiger partial charge in [0.1, 0.15) is 23.5 Å². The van der Waals surface area contributed by atoms with Crippen molar-refractivity contribution in [3.63, 3.8) is 0 Å². The summed E-state index contributed by atoms with van der Waals surface area (Å²) in [6, 6.07) is 0. The van der Waals surface area contributed by atoms with Crippen LogP contribution >= 0.6 is 0 Å². The molecule has 1 saturated heterocycles. The van der Waals surface area contributed by atoms with Gasteiger partial charge in [-0.25, -0.2) is 9.97 Å². The minimum atomic E-state index is -0.258. The van der Waals surface area contributed by atoms with Crippen LogP contribution in [0.25, 0.3) is 11.0 Å². The predicted molar refractivity (Wildman–Crippen MR) is 134 cm³/mol. The lowest BCUT2D eigenvalue weighted by Gasteiger charge is -2.15. The molecular weight excluding hydrogens is 428 g/mol. The van der Waals surface area contributed by atoms with Crippen LogP contribution in [0.4, 0.5) is 5.82 Å². The molecule has 2 fully saturated rings. The number of nitrogen functional groups attached to an aromatic ring is 1. The molecule has 1 saturated carbocycles. The molecule has 3 heterocycles. The largest absolute Gasteiger partial charge is 0.383 e. The van der Waals surface area contributed by atoms with E-state index in [4.69, 9.17) is 10.5 Å². The molecule has 8 heteroatoms. The number of hydrogen-bond donors (Lipinski definition) is 2. The van der Waals surface area contributed by atoms with Crippen molar-refractivity contribution < 1.29 is 9.53 Å². The van der Waals surface area contributed by atoms with Gasteiger partial charge in [0.2, 0.25) is 0 Å². The number of nitrogens with one attached hydrogen (secondary N) is 1. The zero-order valence-electron chi connectivity index (χ0n) is 20.6. The molecule has 1 aliphatic heterocycles. The van der Waals surface area contributed by atoms with Gasteiger partial charge in [-0.1, -0.05) is 12.0 Å². The number of allylic oxidation sites excluding steroid dienone is 3. The highest BCUT2D eigenvalue weighted by Gasteiger charge is 2.43. The van der Waals surface area contributed by atoms with Crippen molar-refractivity contribution in [2.24, 2.45) is 0 Å². The lowest BCUT2D eigenvalue weighted by molar-refractivity contribution is 0.0967. The quantitative estimate of drug-likeness (QED) is 0.484. The number of nitrogens with two attached hydrogens (primary N) is 1. The number of anilines is 1. The molecule has 0 unspecified atom stereocenters. The second kappa shape index (κ2) is 10.00. The highest BCUT2D eigenvalue weighted by molar-refractivity contribution is 6.12. The zero-order chi connectivity index (χ0) is 24.3. The van der Waals surface area contributed by atoms with Gasteiger partial charge in [0.05, 0.1) is 24.1 Å². The maximum atomic E-state index is 13.6. The average molecular weight is 463 g/mol. The van der Waals surface area contributed by atoms with E-state index in [1.165, 1.54) is 19.2 Å². The molecule has 1 amide bonds. The second-order valence-electron chi connectivity index (χ2n) is 9.55. The molecule has 0 aromatic carbocycles. The third-order valence-corrected chi connectivity index (χ3v) is 6.53. The van der Waals surface area contributed by atoms with Crippen LogP contribution in [0.5, 0.6) is 0 Å². The Hall–Kier alpha value is -3.15. The van der Waals surface area contributed by atoms with Crippen molar-refractivity contribution in [3.8, 4) is 11.8 Å². The molecule has 4 rings (SSSR count). The van der Waals surface area contributed by atoms with E-state index in [0.29, 0.717) is 47.0 Å². The molecule has 180 valence electrons. The lowest BCUT2D eigenvalue weighted by Crippen LogP contribution is -2.23. The molecule has 0 bridgehead atoms. The Morgan fingerprint density at radius 3 is 2.68 bits per heavy atom. The summed E-state index contributed by atoms with van der Waals surface area (Å²) in [5.74, 6) is 6.68. The summed E-state index contributed by atoms with van der Waals surface area (Å²) in [6.07, 6.45) is 9.69. The third-order valence-electron chi connectivity index (χ3n) is 6.53. The summed E-state index contributed by atoms with van der Waals surface area (Å²) < 4.78 is 7.25. The molecule has 0 atom stereocenters. The Bertz CT molecular complexity index is 1200. The molecule has 2 aromatic heterocycles. The standard InChI is InChI=1S/C26H34N6O2/c1-18(16-34-4)9-10-19(2)30-25(33)21-20(8-7-15-31-13-5-6-14-31)32(26(3)11-12-26)24-22(21)23(27)28-17-29-24/h9-10,17H,5-6,11-16H2,1-4H3,(H,30,33)(H2,27,28,29)/b18-9+,19-10+. The van der Waals surface area contributed by atoms with Crippen molar-refractivity contribution in [1.29, 1.82) is 0 Å². The first-order chi connectivity index (χ1) is 16.3. The fourth-order valence-corrected chi connectivity index (χ4v) is 4.41. The minimum absolute atomic E-state index is 0.125. The average Bonchev–Trinajstić information content (AvgIpc) is 3.20. The number of fused-ring (bicyclic) bond motifs is 1. The number of methoxy groups -OCH3 is 1. The first-order valence-corrected chi connectivity index (χ1v) is 11.8. The van der Waals surface area contributed by atoms with E-state index in [2.05, 4.69) is 43.5 Å². The van der Waals surface area contributed by atoms with Crippen LogP contribution in [-0.2, 0) is 10.3 Å². The first-order valence-electron chi connectivity index (χ1n) is 11.8. The second-order valence-corrected chi connectivity index (χ2v) is 9.55. The monoisotopic (exact) mass is 462 g/mol. The predicted octanol–water partition coefficient (Wildman–Crippen LogP) is 3.20. The summed E-state index contributed by atoms with van der Waals surface area (Å²) in [4.78, 5) is 24.7. The van der Waals surface area contributed by atoms with Crippen LogP contribution < -0.4 is 11.1 Å². The number of nitrogens with zero attached hydrogens (tertiary/aromatic N) is 4. The first kappa shape index (κ1) is 24.0. The van der Waals surface area contributed by atoms with Gasteiger partial charge in [-0.2, -0.15) is 0 Å². The molecule has 34 heavy (non-hydrogen) atoms. The van der Waals surface area contributed by atoms with Gasteiger partial charge in [-0.05, 0) is 77.1 Å². The fraction of sp³-hybridized carbons (Fsp3) is 0.500. The minimum Gasteiger partial charge on any atom is -0.383 e. The van der Waals surface area contributed by atoms with Crippen molar-refractivity contribution in [3.05, 3.63) is 41.0 Å². The van der Waals surface area contributed by atoms with Crippen molar-refractivity contribution in [2.75, 3.05) is 39.1 Å². The van der Waals surface area contributed by atoms with E-state index in [-0.39, 0.29) is 11.4 Å².